The lowest BCUT2D eigenvalue weighted by Crippen LogP contribution is -2.51. The highest BCUT2D eigenvalue weighted by Gasteiger charge is 2.55. The van der Waals surface area contributed by atoms with Crippen LogP contribution in [0.1, 0.15) is 0 Å². The molecule has 6 atom stereocenters. The summed E-state index contributed by atoms with van der Waals surface area (Å²) in [4.78, 5) is 1.72. The van der Waals surface area contributed by atoms with E-state index < -0.39 is 31.0 Å². The number of hydrogen-bond donors (Lipinski definition) is 5. The van der Waals surface area contributed by atoms with Gasteiger partial charge in [0, 0.05) is 11.8 Å². The highest BCUT2D eigenvalue weighted by Crippen LogP contribution is 2.41. The molecule has 2 aliphatic rings. The molecule has 0 spiro atoms. The third kappa shape index (κ3) is 1.76. The van der Waals surface area contributed by atoms with E-state index in [9.17, 15) is 20.4 Å². The maximum Gasteiger partial charge on any atom is 0.106 e. The van der Waals surface area contributed by atoms with Crippen molar-refractivity contribution in [3.63, 3.8) is 0 Å². The molecular weight excluding hydrogens is 234 g/mol. The van der Waals surface area contributed by atoms with E-state index in [0.29, 0.717) is 5.75 Å². The second-order valence-corrected chi connectivity index (χ2v) is 5.38. The predicted molar refractivity (Wildman–Crippen MR) is 57.9 cm³/mol. The van der Waals surface area contributed by atoms with E-state index in [1.54, 1.807) is 4.90 Å². The normalized spacial score (nSPS) is 45.9. The molecule has 0 bridgehead atoms. The van der Waals surface area contributed by atoms with Crippen LogP contribution in [-0.2, 0) is 0 Å². The number of rotatable bonds is 3. The molecule has 0 amide bonds. The van der Waals surface area contributed by atoms with Crippen LogP contribution >= 0.6 is 11.8 Å². The number of nitrogens with zero attached hydrogens (tertiary/aromatic N) is 1. The summed E-state index contributed by atoms with van der Waals surface area (Å²) in [6.07, 6.45) is -3.15. The van der Waals surface area contributed by atoms with Gasteiger partial charge in [0.15, 0.2) is 0 Å². The lowest BCUT2D eigenvalue weighted by molar-refractivity contribution is -0.0399. The summed E-state index contributed by atoms with van der Waals surface area (Å²) in [5.74, 6) is 0.652. The van der Waals surface area contributed by atoms with Crippen LogP contribution < -0.4 is 0 Å². The minimum Gasteiger partial charge on any atom is -0.395 e. The van der Waals surface area contributed by atoms with E-state index in [1.807, 2.05) is 0 Å². The number of aliphatic hydroxyl groups is 5. The van der Waals surface area contributed by atoms with Gasteiger partial charge < -0.3 is 25.5 Å². The standard InChI is InChI=1S/C9H17NO5S/c11-1-4-3-16-9-8(15)7(14)6(10(4)9)5(13)2-12/h4-9,11-15H,1-3H2/t4-,5+,6+,7+,8-,9+/m1/s1. The van der Waals surface area contributed by atoms with Gasteiger partial charge in [-0.2, -0.15) is 0 Å². The molecule has 0 aliphatic carbocycles. The summed E-state index contributed by atoms with van der Waals surface area (Å²) < 4.78 is 0. The van der Waals surface area contributed by atoms with Crippen LogP contribution in [0.4, 0.5) is 0 Å². The molecule has 0 radical (unpaired) electrons. The smallest absolute Gasteiger partial charge is 0.106 e. The Morgan fingerprint density at radius 1 is 1.25 bits per heavy atom. The fourth-order valence-corrected chi connectivity index (χ4v) is 4.05. The molecule has 0 aromatic heterocycles. The second kappa shape index (κ2) is 4.77. The predicted octanol–water partition coefficient (Wildman–Crippen LogP) is -2.82. The van der Waals surface area contributed by atoms with E-state index in [4.69, 9.17) is 5.11 Å². The Hall–Kier alpha value is 0.110. The van der Waals surface area contributed by atoms with Crippen LogP contribution in [0.5, 0.6) is 0 Å². The molecule has 0 saturated carbocycles. The fraction of sp³-hybridized carbons (Fsp3) is 1.00. The molecule has 2 fully saturated rings. The number of hydrogen-bond acceptors (Lipinski definition) is 7. The Labute approximate surface area is 97.5 Å². The SMILES string of the molecule is OC[C@@H]1CS[C@H]2[C@H](O)[C@@H](O)[C@H]([C@@H](O)CO)N12. The molecule has 2 aliphatic heterocycles. The third-order valence-electron chi connectivity index (χ3n) is 3.30. The summed E-state index contributed by atoms with van der Waals surface area (Å²) >= 11 is 1.45. The molecule has 0 aromatic carbocycles. The first-order valence-electron chi connectivity index (χ1n) is 5.26. The molecule has 7 heteroatoms. The van der Waals surface area contributed by atoms with Gasteiger partial charge in [-0.05, 0) is 0 Å². The van der Waals surface area contributed by atoms with Crippen molar-refractivity contribution >= 4 is 11.8 Å². The van der Waals surface area contributed by atoms with Crippen LogP contribution in [0, 0.1) is 0 Å². The van der Waals surface area contributed by atoms with Crippen LogP contribution in [0.15, 0.2) is 0 Å². The first-order valence-corrected chi connectivity index (χ1v) is 6.31. The van der Waals surface area contributed by atoms with Gasteiger partial charge >= 0.3 is 0 Å². The third-order valence-corrected chi connectivity index (χ3v) is 4.74. The van der Waals surface area contributed by atoms with Crippen molar-refractivity contribution in [2.45, 2.75) is 35.8 Å². The Morgan fingerprint density at radius 2 is 1.94 bits per heavy atom. The van der Waals surface area contributed by atoms with Crippen molar-refractivity contribution in [3.8, 4) is 0 Å². The molecule has 0 aromatic rings. The van der Waals surface area contributed by atoms with Crippen molar-refractivity contribution in [2.75, 3.05) is 19.0 Å². The maximum absolute atomic E-state index is 9.82. The zero-order valence-electron chi connectivity index (χ0n) is 8.68. The van der Waals surface area contributed by atoms with Gasteiger partial charge in [0.2, 0.25) is 0 Å². The summed E-state index contributed by atoms with van der Waals surface area (Å²) in [6, 6.07) is -0.898. The molecule has 16 heavy (non-hydrogen) atoms. The minimum atomic E-state index is -1.11. The molecular formula is C9H17NO5S. The molecule has 6 nitrogen and oxygen atoms in total. The Morgan fingerprint density at radius 3 is 2.50 bits per heavy atom. The Kier molecular flexibility index (Phi) is 3.75. The van der Waals surface area contributed by atoms with Gasteiger partial charge in [-0.15, -0.1) is 11.8 Å². The Bertz CT molecular complexity index is 256. The van der Waals surface area contributed by atoms with E-state index in [2.05, 4.69) is 0 Å². The summed E-state index contributed by atoms with van der Waals surface area (Å²) in [5.41, 5.74) is 0. The van der Waals surface area contributed by atoms with Crippen molar-refractivity contribution < 1.29 is 25.5 Å². The van der Waals surface area contributed by atoms with E-state index in [-0.39, 0.29) is 18.0 Å². The zero-order chi connectivity index (χ0) is 11.9. The van der Waals surface area contributed by atoms with Gasteiger partial charge in [0.05, 0.1) is 30.7 Å². The van der Waals surface area contributed by atoms with Crippen molar-refractivity contribution in [1.82, 2.24) is 4.90 Å². The molecule has 2 rings (SSSR count). The van der Waals surface area contributed by atoms with Crippen LogP contribution in [0.3, 0.4) is 0 Å². The van der Waals surface area contributed by atoms with E-state index >= 15 is 0 Å². The molecule has 2 heterocycles. The van der Waals surface area contributed by atoms with Crippen molar-refractivity contribution in [3.05, 3.63) is 0 Å². The van der Waals surface area contributed by atoms with Crippen LogP contribution in [0.25, 0.3) is 0 Å². The van der Waals surface area contributed by atoms with Gasteiger partial charge in [-0.3, -0.25) is 4.90 Å². The first-order chi connectivity index (χ1) is 7.61. The van der Waals surface area contributed by atoms with Crippen molar-refractivity contribution in [1.29, 1.82) is 0 Å². The average Bonchev–Trinajstić information content (AvgIpc) is 2.80. The van der Waals surface area contributed by atoms with Crippen LogP contribution in [-0.4, -0.2) is 85.2 Å². The zero-order valence-corrected chi connectivity index (χ0v) is 9.49. The lowest BCUT2D eigenvalue weighted by Gasteiger charge is -2.31. The molecule has 94 valence electrons. The molecule has 0 unspecified atom stereocenters. The highest BCUT2D eigenvalue weighted by atomic mass is 32.2. The molecule has 5 N–H and O–H groups in total. The first kappa shape index (κ1) is 12.6. The average molecular weight is 251 g/mol. The van der Waals surface area contributed by atoms with Crippen molar-refractivity contribution in [2.24, 2.45) is 0 Å². The fourth-order valence-electron chi connectivity index (χ4n) is 2.51. The van der Waals surface area contributed by atoms with Gasteiger partial charge in [-0.1, -0.05) is 0 Å². The number of fused-ring (bicyclic) bond motifs is 1. The molecule has 2 saturated heterocycles. The van der Waals surface area contributed by atoms with Crippen LogP contribution in [0.2, 0.25) is 0 Å². The summed E-state index contributed by atoms with van der Waals surface area (Å²) in [5, 5.41) is 47.1. The monoisotopic (exact) mass is 251 g/mol. The maximum atomic E-state index is 9.82. The highest BCUT2D eigenvalue weighted by molar-refractivity contribution is 8.00. The number of thioether (sulfide) groups is 1. The Balaban J connectivity index is 2.21. The number of aliphatic hydroxyl groups excluding tert-OH is 5. The van der Waals surface area contributed by atoms with E-state index in [0.717, 1.165) is 0 Å². The topological polar surface area (TPSA) is 104 Å². The van der Waals surface area contributed by atoms with Gasteiger partial charge in [0.25, 0.3) is 0 Å². The largest absolute Gasteiger partial charge is 0.395 e. The lowest BCUT2D eigenvalue weighted by atomic mass is 10.0. The van der Waals surface area contributed by atoms with E-state index in [1.165, 1.54) is 11.8 Å². The second-order valence-electron chi connectivity index (χ2n) is 4.23. The summed E-state index contributed by atoms with van der Waals surface area (Å²) in [7, 11) is 0. The summed E-state index contributed by atoms with van der Waals surface area (Å²) in [6.45, 7) is -0.557. The van der Waals surface area contributed by atoms with Gasteiger partial charge in [-0.25, -0.2) is 0 Å². The minimum absolute atomic E-state index is 0.0857. The quantitative estimate of drug-likeness (QED) is 0.368. The van der Waals surface area contributed by atoms with Gasteiger partial charge in [0.1, 0.15) is 12.2 Å².